The van der Waals surface area contributed by atoms with Crippen LogP contribution in [0.3, 0.4) is 0 Å². The van der Waals surface area contributed by atoms with Crippen LogP contribution in [-0.4, -0.2) is 52.8 Å². The van der Waals surface area contributed by atoms with Crippen molar-refractivity contribution in [3.8, 4) is 0 Å². The number of aromatic nitrogens is 1. The fourth-order valence-electron chi connectivity index (χ4n) is 3.28. The largest absolute Gasteiger partial charge is 0.339 e. The van der Waals surface area contributed by atoms with Crippen molar-refractivity contribution >= 4 is 22.7 Å². The third-order valence-corrected chi connectivity index (χ3v) is 4.85. The van der Waals surface area contributed by atoms with Crippen molar-refractivity contribution in [1.82, 2.24) is 14.8 Å². The minimum Gasteiger partial charge on any atom is -0.339 e. The maximum atomic E-state index is 12.4. The highest BCUT2D eigenvalue weighted by Gasteiger charge is 2.22. The lowest BCUT2D eigenvalue weighted by Gasteiger charge is -2.34. The molecule has 0 unspecified atom stereocenters. The smallest absolute Gasteiger partial charge is 0.251 e. The first-order valence-corrected chi connectivity index (χ1v) is 8.60. The summed E-state index contributed by atoms with van der Waals surface area (Å²) in [6.07, 6.45) is 0.728. The Hall–Kier alpha value is -2.63. The van der Waals surface area contributed by atoms with E-state index in [0.29, 0.717) is 44.6 Å². The number of fused-ring (bicyclic) bond motifs is 1. The minimum atomic E-state index is -0.129. The lowest BCUT2D eigenvalue weighted by atomic mass is 10.1. The summed E-state index contributed by atoms with van der Waals surface area (Å²) < 4.78 is 0. The Balaban J connectivity index is 1.65. The van der Waals surface area contributed by atoms with Gasteiger partial charge in [0.25, 0.3) is 5.56 Å². The molecule has 0 bridgehead atoms. The second-order valence-corrected chi connectivity index (χ2v) is 6.55. The monoisotopic (exact) mass is 341 g/mol. The van der Waals surface area contributed by atoms with Gasteiger partial charge in [-0.3, -0.25) is 14.4 Å². The summed E-state index contributed by atoms with van der Waals surface area (Å²) in [6.45, 7) is 5.79. The van der Waals surface area contributed by atoms with E-state index in [9.17, 15) is 14.4 Å². The fraction of sp³-hybridized carbons (Fsp3) is 0.421. The molecule has 1 fully saturated rings. The van der Waals surface area contributed by atoms with E-state index in [-0.39, 0.29) is 17.4 Å². The van der Waals surface area contributed by atoms with E-state index in [4.69, 9.17) is 0 Å². The van der Waals surface area contributed by atoms with Gasteiger partial charge in [0.15, 0.2) is 0 Å². The van der Waals surface area contributed by atoms with Crippen molar-refractivity contribution < 1.29 is 9.59 Å². The molecule has 0 aliphatic carbocycles. The molecule has 6 nitrogen and oxygen atoms in total. The molecule has 0 saturated carbocycles. The van der Waals surface area contributed by atoms with Crippen molar-refractivity contribution in [3.05, 3.63) is 45.7 Å². The normalized spacial score (nSPS) is 14.8. The van der Waals surface area contributed by atoms with E-state index >= 15 is 0 Å². The van der Waals surface area contributed by atoms with Crippen molar-refractivity contribution in [1.29, 1.82) is 0 Å². The average Bonchev–Trinajstić information content (AvgIpc) is 2.60. The molecule has 132 valence electrons. The molecule has 6 heteroatoms. The van der Waals surface area contributed by atoms with Crippen molar-refractivity contribution in [2.24, 2.45) is 0 Å². The Morgan fingerprint density at radius 2 is 1.80 bits per heavy atom. The van der Waals surface area contributed by atoms with E-state index in [1.54, 1.807) is 16.7 Å². The number of hydrogen-bond acceptors (Lipinski definition) is 3. The van der Waals surface area contributed by atoms with Gasteiger partial charge in [-0.15, -0.1) is 0 Å². The molecule has 3 rings (SSSR count). The molecule has 1 saturated heterocycles. The SMILES string of the molecule is CC(=O)N1CCN(C(=O)CCc2cc3cccc(C)c3[nH]c2=O)CC1. The zero-order valence-electron chi connectivity index (χ0n) is 14.7. The standard InChI is InChI=1S/C19H23N3O3/c1-13-4-3-5-15-12-16(19(25)20-18(13)15)6-7-17(24)22-10-8-21(9-11-22)14(2)23/h3-5,12H,6-11H2,1-2H3,(H,20,25). The number of carbonyl (C=O) groups excluding carboxylic acids is 2. The van der Waals surface area contributed by atoms with Crippen LogP contribution in [-0.2, 0) is 16.0 Å². The second-order valence-electron chi connectivity index (χ2n) is 6.55. The Morgan fingerprint density at radius 1 is 1.12 bits per heavy atom. The number of nitrogens with zero attached hydrogens (tertiary/aromatic N) is 2. The van der Waals surface area contributed by atoms with Gasteiger partial charge >= 0.3 is 0 Å². The van der Waals surface area contributed by atoms with E-state index < -0.39 is 0 Å². The van der Waals surface area contributed by atoms with Gasteiger partial charge in [-0.1, -0.05) is 18.2 Å². The lowest BCUT2D eigenvalue weighted by molar-refractivity contribution is -0.138. The number of hydrogen-bond donors (Lipinski definition) is 1. The van der Waals surface area contributed by atoms with Crippen molar-refractivity contribution in [2.75, 3.05) is 26.2 Å². The number of piperazine rings is 1. The molecular weight excluding hydrogens is 318 g/mol. The van der Waals surface area contributed by atoms with Crippen LogP contribution in [0, 0.1) is 6.92 Å². The lowest BCUT2D eigenvalue weighted by Crippen LogP contribution is -2.50. The van der Waals surface area contributed by atoms with Crippen LogP contribution in [0.4, 0.5) is 0 Å². The zero-order valence-corrected chi connectivity index (χ0v) is 14.7. The highest BCUT2D eigenvalue weighted by molar-refractivity contribution is 5.82. The molecule has 2 amide bonds. The van der Waals surface area contributed by atoms with Crippen LogP contribution >= 0.6 is 0 Å². The van der Waals surface area contributed by atoms with E-state index in [1.165, 1.54) is 0 Å². The molecule has 1 N–H and O–H groups in total. The van der Waals surface area contributed by atoms with Gasteiger partial charge in [0.1, 0.15) is 0 Å². The molecule has 0 atom stereocenters. The number of H-pyrrole nitrogens is 1. The first kappa shape index (κ1) is 17.2. The number of amides is 2. The zero-order chi connectivity index (χ0) is 18.0. The summed E-state index contributed by atoms with van der Waals surface area (Å²) in [6, 6.07) is 7.76. The molecule has 2 aromatic rings. The number of aromatic amines is 1. The summed E-state index contributed by atoms with van der Waals surface area (Å²) in [5.74, 6) is 0.0806. The first-order valence-electron chi connectivity index (χ1n) is 8.60. The van der Waals surface area contributed by atoms with Gasteiger partial charge in [0, 0.05) is 45.1 Å². The highest BCUT2D eigenvalue weighted by Crippen LogP contribution is 2.16. The number of para-hydroxylation sites is 1. The first-order chi connectivity index (χ1) is 12.0. The molecule has 0 spiro atoms. The average molecular weight is 341 g/mol. The number of aryl methyl sites for hydroxylation is 2. The third kappa shape index (κ3) is 3.73. The Morgan fingerprint density at radius 3 is 2.48 bits per heavy atom. The fourth-order valence-corrected chi connectivity index (χ4v) is 3.28. The van der Waals surface area contributed by atoms with Crippen LogP contribution in [0.15, 0.2) is 29.1 Å². The second kappa shape index (κ2) is 7.09. The van der Waals surface area contributed by atoms with Crippen LogP contribution in [0.1, 0.15) is 24.5 Å². The third-order valence-electron chi connectivity index (χ3n) is 4.85. The van der Waals surface area contributed by atoms with Crippen LogP contribution in [0.2, 0.25) is 0 Å². The number of rotatable bonds is 3. The Bertz CT molecular complexity index is 864. The quantitative estimate of drug-likeness (QED) is 0.918. The van der Waals surface area contributed by atoms with Gasteiger partial charge in [0.05, 0.1) is 5.52 Å². The molecule has 1 aliphatic heterocycles. The maximum absolute atomic E-state index is 12.4. The molecule has 0 radical (unpaired) electrons. The number of carbonyl (C=O) groups is 2. The van der Waals surface area contributed by atoms with Crippen LogP contribution in [0.25, 0.3) is 10.9 Å². The van der Waals surface area contributed by atoms with Crippen LogP contribution in [0.5, 0.6) is 0 Å². The molecule has 1 aromatic heterocycles. The minimum absolute atomic E-state index is 0.0342. The topological polar surface area (TPSA) is 73.5 Å². The number of benzene rings is 1. The number of nitrogens with one attached hydrogen (secondary N) is 1. The van der Waals surface area contributed by atoms with Gasteiger partial charge < -0.3 is 14.8 Å². The van der Waals surface area contributed by atoms with E-state index in [2.05, 4.69) is 4.98 Å². The summed E-state index contributed by atoms with van der Waals surface area (Å²) in [5.41, 5.74) is 2.38. The van der Waals surface area contributed by atoms with Crippen molar-refractivity contribution in [3.63, 3.8) is 0 Å². The molecule has 1 aromatic carbocycles. The summed E-state index contributed by atoms with van der Waals surface area (Å²) in [4.78, 5) is 42.4. The van der Waals surface area contributed by atoms with Crippen LogP contribution < -0.4 is 5.56 Å². The highest BCUT2D eigenvalue weighted by atomic mass is 16.2. The molecule has 25 heavy (non-hydrogen) atoms. The van der Waals surface area contributed by atoms with Gasteiger partial charge in [0.2, 0.25) is 11.8 Å². The predicted molar refractivity (Wildman–Crippen MR) is 96.5 cm³/mol. The molecular formula is C19H23N3O3. The maximum Gasteiger partial charge on any atom is 0.251 e. The molecule has 2 heterocycles. The van der Waals surface area contributed by atoms with Crippen molar-refractivity contribution in [2.45, 2.75) is 26.7 Å². The Kier molecular flexibility index (Phi) is 4.88. The van der Waals surface area contributed by atoms with Gasteiger partial charge in [-0.2, -0.15) is 0 Å². The van der Waals surface area contributed by atoms with E-state index in [0.717, 1.165) is 16.5 Å². The number of pyridine rings is 1. The van der Waals surface area contributed by atoms with Gasteiger partial charge in [-0.05, 0) is 30.4 Å². The Labute approximate surface area is 146 Å². The predicted octanol–water partition coefficient (Wildman–Crippen LogP) is 1.46. The molecule has 1 aliphatic rings. The summed E-state index contributed by atoms with van der Waals surface area (Å²) in [5, 5.41) is 0.983. The van der Waals surface area contributed by atoms with E-state index in [1.807, 2.05) is 31.2 Å². The van der Waals surface area contributed by atoms with Gasteiger partial charge in [-0.25, -0.2) is 0 Å². The summed E-state index contributed by atoms with van der Waals surface area (Å²) >= 11 is 0. The summed E-state index contributed by atoms with van der Waals surface area (Å²) in [7, 11) is 0.